The summed E-state index contributed by atoms with van der Waals surface area (Å²) in [5, 5.41) is 1.37. The fourth-order valence-corrected chi connectivity index (χ4v) is 2.49. The lowest BCUT2D eigenvalue weighted by Gasteiger charge is -2.27. The van der Waals surface area contributed by atoms with Crippen molar-refractivity contribution in [2.45, 2.75) is 37.9 Å². The molecular formula is C10H16N2O2S. The molecule has 4 nitrogen and oxygen atoms in total. The van der Waals surface area contributed by atoms with Crippen LogP contribution < -0.4 is 10.5 Å². The summed E-state index contributed by atoms with van der Waals surface area (Å²) in [6.07, 6.45) is 6.53. The molecule has 2 N–H and O–H groups in total. The molecule has 1 saturated carbocycles. The van der Waals surface area contributed by atoms with Crippen LogP contribution in [0.4, 0.5) is 5.00 Å². The summed E-state index contributed by atoms with van der Waals surface area (Å²) >= 11 is 1.39. The maximum absolute atomic E-state index is 5.76. The summed E-state index contributed by atoms with van der Waals surface area (Å²) in [5.41, 5.74) is 5.59. The van der Waals surface area contributed by atoms with Crippen molar-refractivity contribution in [3.63, 3.8) is 0 Å². The predicted molar refractivity (Wildman–Crippen MR) is 60.2 cm³/mol. The Morgan fingerprint density at radius 1 is 1.47 bits per heavy atom. The van der Waals surface area contributed by atoms with Crippen LogP contribution >= 0.6 is 11.3 Å². The minimum absolute atomic E-state index is 0.231. The van der Waals surface area contributed by atoms with Crippen molar-refractivity contribution in [2.24, 2.45) is 0 Å². The first-order valence-corrected chi connectivity index (χ1v) is 6.00. The Morgan fingerprint density at radius 2 is 2.27 bits per heavy atom. The molecule has 1 aromatic heterocycles. The van der Waals surface area contributed by atoms with Gasteiger partial charge < -0.3 is 15.2 Å². The molecule has 0 aliphatic heterocycles. The molecule has 2 rings (SSSR count). The highest BCUT2D eigenvalue weighted by molar-refractivity contribution is 7.17. The first kappa shape index (κ1) is 10.7. The quantitative estimate of drug-likeness (QED) is 0.860. The van der Waals surface area contributed by atoms with Crippen LogP contribution in [0.1, 0.15) is 25.7 Å². The number of hydrogen-bond acceptors (Lipinski definition) is 5. The van der Waals surface area contributed by atoms with Gasteiger partial charge in [-0.3, -0.25) is 0 Å². The van der Waals surface area contributed by atoms with Crippen LogP contribution in [0.3, 0.4) is 0 Å². The van der Waals surface area contributed by atoms with E-state index in [0.717, 1.165) is 25.7 Å². The number of rotatable bonds is 3. The normalized spacial score (nSPS) is 26.5. The average Bonchev–Trinajstić information content (AvgIpc) is 2.64. The topological polar surface area (TPSA) is 57.4 Å². The van der Waals surface area contributed by atoms with E-state index >= 15 is 0 Å². The lowest BCUT2D eigenvalue weighted by molar-refractivity contribution is 0.0209. The number of ether oxygens (including phenoxy) is 2. The minimum Gasteiger partial charge on any atom is -0.467 e. The van der Waals surface area contributed by atoms with Crippen LogP contribution in [0.5, 0.6) is 5.19 Å². The van der Waals surface area contributed by atoms with Gasteiger partial charge in [0.2, 0.25) is 0 Å². The lowest BCUT2D eigenvalue weighted by atomic mass is 9.95. The van der Waals surface area contributed by atoms with Crippen LogP contribution in [-0.2, 0) is 4.74 Å². The largest absolute Gasteiger partial charge is 0.467 e. The molecule has 5 heteroatoms. The van der Waals surface area contributed by atoms with Crippen LogP contribution in [0.15, 0.2) is 6.20 Å². The summed E-state index contributed by atoms with van der Waals surface area (Å²) in [5.74, 6) is 0. The van der Waals surface area contributed by atoms with Gasteiger partial charge >= 0.3 is 0 Å². The SMILES string of the molecule is COC1CCCC(Oc2ncc(N)s2)C1. The molecule has 1 heterocycles. The van der Waals surface area contributed by atoms with Gasteiger partial charge in [-0.25, -0.2) is 4.98 Å². The molecule has 1 fully saturated rings. The van der Waals surface area contributed by atoms with Crippen molar-refractivity contribution in [3.05, 3.63) is 6.20 Å². The van der Waals surface area contributed by atoms with Gasteiger partial charge in [0, 0.05) is 13.5 Å². The molecule has 0 radical (unpaired) electrons. The van der Waals surface area contributed by atoms with Crippen molar-refractivity contribution in [1.82, 2.24) is 4.98 Å². The standard InChI is InChI=1S/C10H16N2O2S/c1-13-7-3-2-4-8(5-7)14-10-12-6-9(11)15-10/h6-8H,2-5,11H2,1H3. The van der Waals surface area contributed by atoms with E-state index in [1.165, 1.54) is 11.3 Å². The van der Waals surface area contributed by atoms with Crippen LogP contribution in [0.2, 0.25) is 0 Å². The van der Waals surface area contributed by atoms with Gasteiger partial charge in [-0.05, 0) is 19.3 Å². The molecule has 0 bridgehead atoms. The number of nitrogens with zero attached hydrogens (tertiary/aromatic N) is 1. The maximum Gasteiger partial charge on any atom is 0.275 e. The second kappa shape index (κ2) is 4.81. The van der Waals surface area contributed by atoms with Gasteiger partial charge in [-0.1, -0.05) is 11.3 Å². The van der Waals surface area contributed by atoms with E-state index in [1.807, 2.05) is 0 Å². The molecular weight excluding hydrogens is 212 g/mol. The number of aromatic nitrogens is 1. The van der Waals surface area contributed by atoms with Gasteiger partial charge in [0.05, 0.1) is 12.3 Å². The molecule has 0 amide bonds. The minimum atomic E-state index is 0.231. The molecule has 1 aromatic rings. The number of thiazole rings is 1. The Morgan fingerprint density at radius 3 is 2.93 bits per heavy atom. The van der Waals surface area contributed by atoms with Gasteiger partial charge in [0.15, 0.2) is 0 Å². The van der Waals surface area contributed by atoms with Crippen molar-refractivity contribution in [2.75, 3.05) is 12.8 Å². The fourth-order valence-electron chi connectivity index (χ4n) is 1.89. The van der Waals surface area contributed by atoms with E-state index < -0.39 is 0 Å². The Labute approximate surface area is 93.4 Å². The van der Waals surface area contributed by atoms with Crippen molar-refractivity contribution < 1.29 is 9.47 Å². The first-order valence-electron chi connectivity index (χ1n) is 5.18. The molecule has 1 aliphatic rings. The third-order valence-electron chi connectivity index (χ3n) is 2.68. The summed E-state index contributed by atoms with van der Waals surface area (Å²) < 4.78 is 11.1. The highest BCUT2D eigenvalue weighted by Gasteiger charge is 2.23. The Bertz CT molecular complexity index is 316. The van der Waals surface area contributed by atoms with Crippen molar-refractivity contribution >= 4 is 16.3 Å². The fraction of sp³-hybridized carbons (Fsp3) is 0.700. The molecule has 0 spiro atoms. The smallest absolute Gasteiger partial charge is 0.275 e. The Balaban J connectivity index is 1.88. The number of anilines is 1. The van der Waals surface area contributed by atoms with E-state index in [-0.39, 0.29) is 6.10 Å². The summed E-state index contributed by atoms with van der Waals surface area (Å²) in [7, 11) is 1.76. The number of methoxy groups -OCH3 is 1. The molecule has 2 atom stereocenters. The number of nitrogens with two attached hydrogens (primary N) is 1. The van der Waals surface area contributed by atoms with E-state index in [2.05, 4.69) is 4.98 Å². The molecule has 0 saturated heterocycles. The van der Waals surface area contributed by atoms with Gasteiger partial charge in [-0.2, -0.15) is 0 Å². The molecule has 2 unspecified atom stereocenters. The van der Waals surface area contributed by atoms with E-state index in [9.17, 15) is 0 Å². The summed E-state index contributed by atoms with van der Waals surface area (Å²) in [6, 6.07) is 0. The van der Waals surface area contributed by atoms with Gasteiger partial charge in [0.25, 0.3) is 5.19 Å². The van der Waals surface area contributed by atoms with Crippen LogP contribution in [-0.4, -0.2) is 24.3 Å². The van der Waals surface area contributed by atoms with Crippen LogP contribution in [0, 0.1) is 0 Å². The van der Waals surface area contributed by atoms with Gasteiger partial charge in [-0.15, -0.1) is 0 Å². The first-order chi connectivity index (χ1) is 7.28. The maximum atomic E-state index is 5.76. The summed E-state index contributed by atoms with van der Waals surface area (Å²) in [4.78, 5) is 4.09. The third-order valence-corrected chi connectivity index (χ3v) is 3.40. The predicted octanol–water partition coefficient (Wildman–Crippen LogP) is 2.06. The second-order valence-electron chi connectivity index (χ2n) is 3.79. The number of nitrogen functional groups attached to an aromatic ring is 1. The highest BCUT2D eigenvalue weighted by Crippen LogP contribution is 2.28. The zero-order valence-electron chi connectivity index (χ0n) is 8.81. The van der Waals surface area contributed by atoms with Crippen LogP contribution in [0.25, 0.3) is 0 Å². The Hall–Kier alpha value is -0.810. The van der Waals surface area contributed by atoms with Crippen molar-refractivity contribution in [1.29, 1.82) is 0 Å². The third kappa shape index (κ3) is 2.82. The average molecular weight is 228 g/mol. The second-order valence-corrected chi connectivity index (χ2v) is 4.82. The zero-order chi connectivity index (χ0) is 10.7. The van der Waals surface area contributed by atoms with E-state index in [1.54, 1.807) is 13.3 Å². The summed E-state index contributed by atoms with van der Waals surface area (Å²) in [6.45, 7) is 0. The van der Waals surface area contributed by atoms with Gasteiger partial charge in [0.1, 0.15) is 11.1 Å². The molecule has 15 heavy (non-hydrogen) atoms. The Kier molecular flexibility index (Phi) is 3.43. The lowest BCUT2D eigenvalue weighted by Crippen LogP contribution is -2.29. The number of hydrogen-bond donors (Lipinski definition) is 1. The molecule has 0 aromatic carbocycles. The molecule has 1 aliphatic carbocycles. The van der Waals surface area contributed by atoms with E-state index in [0.29, 0.717) is 16.3 Å². The zero-order valence-corrected chi connectivity index (χ0v) is 9.63. The monoisotopic (exact) mass is 228 g/mol. The van der Waals surface area contributed by atoms with Crippen molar-refractivity contribution in [3.8, 4) is 5.19 Å². The van der Waals surface area contributed by atoms with E-state index in [4.69, 9.17) is 15.2 Å². The highest BCUT2D eigenvalue weighted by atomic mass is 32.1. The molecule has 84 valence electrons.